The summed E-state index contributed by atoms with van der Waals surface area (Å²) in [6, 6.07) is 15.6. The van der Waals surface area contributed by atoms with Gasteiger partial charge in [-0.25, -0.2) is 8.42 Å². The molecule has 0 bridgehead atoms. The van der Waals surface area contributed by atoms with Crippen molar-refractivity contribution in [2.45, 2.75) is 31.1 Å². The molecule has 0 spiro atoms. The molecule has 1 amide bonds. The van der Waals surface area contributed by atoms with E-state index in [2.05, 4.69) is 4.99 Å². The number of sulfone groups is 1. The topological polar surface area (TPSA) is 76.0 Å². The summed E-state index contributed by atoms with van der Waals surface area (Å²) in [5, 5.41) is 0.585. The van der Waals surface area contributed by atoms with Crippen molar-refractivity contribution in [1.29, 1.82) is 0 Å². The van der Waals surface area contributed by atoms with E-state index in [1.54, 1.807) is 7.11 Å². The first-order valence-electron chi connectivity index (χ1n) is 10.3. The third-order valence-electron chi connectivity index (χ3n) is 5.67. The van der Waals surface area contributed by atoms with Crippen molar-refractivity contribution in [3.05, 3.63) is 65.2 Å². The van der Waals surface area contributed by atoms with Crippen molar-refractivity contribution in [2.24, 2.45) is 4.99 Å². The predicted octanol–water partition coefficient (Wildman–Crippen LogP) is 2.89. The van der Waals surface area contributed by atoms with E-state index in [-0.39, 0.29) is 35.1 Å². The van der Waals surface area contributed by atoms with Crippen LogP contribution in [-0.4, -0.2) is 60.8 Å². The zero-order chi connectivity index (χ0) is 22.0. The van der Waals surface area contributed by atoms with E-state index < -0.39 is 9.84 Å². The maximum Gasteiger partial charge on any atom is 0.252 e. The number of carbonyl (C=O) groups is 1. The Labute approximate surface area is 187 Å². The SMILES string of the molecule is COc1ccc(CCN2C(=NC(=O)Cc3ccc(C)cc3)SC3CS(=O)(=O)CC32)cc1. The molecular weight excluding hydrogens is 432 g/mol. The van der Waals surface area contributed by atoms with Gasteiger partial charge in [0.1, 0.15) is 5.75 Å². The van der Waals surface area contributed by atoms with Crippen LogP contribution in [0.5, 0.6) is 5.75 Å². The van der Waals surface area contributed by atoms with Crippen molar-refractivity contribution in [1.82, 2.24) is 4.90 Å². The maximum absolute atomic E-state index is 12.6. The molecule has 2 fully saturated rings. The van der Waals surface area contributed by atoms with Crippen LogP contribution in [0, 0.1) is 6.92 Å². The highest BCUT2D eigenvalue weighted by atomic mass is 32.2. The minimum Gasteiger partial charge on any atom is -0.497 e. The molecular formula is C23H26N2O4S2. The fraction of sp³-hybridized carbons (Fsp3) is 0.391. The standard InChI is InChI=1S/C23H26N2O4S2/c1-16-3-5-18(6-4-16)13-22(26)24-23-25(20-14-31(27,28)15-21(20)30-23)12-11-17-7-9-19(29-2)10-8-17/h3-10,20-21H,11-15H2,1-2H3. The van der Waals surface area contributed by atoms with Crippen molar-refractivity contribution >= 4 is 32.7 Å². The van der Waals surface area contributed by atoms with Crippen LogP contribution in [0.1, 0.15) is 16.7 Å². The third kappa shape index (κ3) is 5.30. The number of hydrogen-bond acceptors (Lipinski definition) is 5. The number of benzene rings is 2. The number of ether oxygens (including phenoxy) is 1. The van der Waals surface area contributed by atoms with Gasteiger partial charge in [-0.1, -0.05) is 53.7 Å². The molecule has 2 heterocycles. The highest BCUT2D eigenvalue weighted by molar-refractivity contribution is 8.15. The van der Waals surface area contributed by atoms with Crippen LogP contribution in [0.3, 0.4) is 0 Å². The van der Waals surface area contributed by atoms with E-state index in [0.29, 0.717) is 11.7 Å². The van der Waals surface area contributed by atoms with E-state index in [9.17, 15) is 13.2 Å². The average molecular weight is 459 g/mol. The van der Waals surface area contributed by atoms with Crippen LogP contribution < -0.4 is 4.74 Å². The van der Waals surface area contributed by atoms with Gasteiger partial charge in [-0.2, -0.15) is 4.99 Å². The Kier molecular flexibility index (Phi) is 6.39. The molecule has 2 saturated heterocycles. The number of thioether (sulfide) groups is 1. The van der Waals surface area contributed by atoms with Crippen molar-refractivity contribution in [3.63, 3.8) is 0 Å². The summed E-state index contributed by atoms with van der Waals surface area (Å²) in [4.78, 5) is 19.1. The Bertz CT molecular complexity index is 1080. The Morgan fingerprint density at radius 1 is 1.10 bits per heavy atom. The Morgan fingerprint density at radius 3 is 2.45 bits per heavy atom. The number of aliphatic imine (C=N–C) groups is 1. The lowest BCUT2D eigenvalue weighted by molar-refractivity contribution is -0.117. The number of amidine groups is 1. The van der Waals surface area contributed by atoms with Gasteiger partial charge in [0.2, 0.25) is 0 Å². The second-order valence-corrected chi connectivity index (χ2v) is 11.4. The van der Waals surface area contributed by atoms with Gasteiger partial charge >= 0.3 is 0 Å². The molecule has 4 rings (SSSR count). The van der Waals surface area contributed by atoms with Crippen molar-refractivity contribution in [2.75, 3.05) is 25.2 Å². The summed E-state index contributed by atoms with van der Waals surface area (Å²) in [7, 11) is -1.42. The molecule has 6 nitrogen and oxygen atoms in total. The lowest BCUT2D eigenvalue weighted by Gasteiger charge is -2.24. The first-order valence-corrected chi connectivity index (χ1v) is 13.0. The van der Waals surface area contributed by atoms with Crippen LogP contribution in [0.2, 0.25) is 0 Å². The number of aryl methyl sites for hydroxylation is 1. The lowest BCUT2D eigenvalue weighted by Crippen LogP contribution is -2.39. The highest BCUT2D eigenvalue weighted by Gasteiger charge is 2.48. The Hall–Kier alpha value is -2.32. The van der Waals surface area contributed by atoms with E-state index in [1.807, 2.05) is 60.4 Å². The molecule has 2 aromatic rings. The number of carbonyl (C=O) groups excluding carboxylic acids is 1. The summed E-state index contributed by atoms with van der Waals surface area (Å²) < 4.78 is 29.5. The molecule has 2 atom stereocenters. The fourth-order valence-electron chi connectivity index (χ4n) is 3.97. The minimum atomic E-state index is -3.05. The molecule has 8 heteroatoms. The zero-order valence-corrected chi connectivity index (χ0v) is 19.3. The quantitative estimate of drug-likeness (QED) is 0.663. The molecule has 31 heavy (non-hydrogen) atoms. The number of hydrogen-bond donors (Lipinski definition) is 0. The third-order valence-corrected chi connectivity index (χ3v) is 8.92. The van der Waals surface area contributed by atoms with Crippen molar-refractivity contribution in [3.8, 4) is 5.75 Å². The van der Waals surface area contributed by atoms with Gasteiger partial charge in [-0.15, -0.1) is 0 Å². The van der Waals surface area contributed by atoms with Gasteiger partial charge in [-0.05, 0) is 36.6 Å². The number of methoxy groups -OCH3 is 1. The second-order valence-electron chi connectivity index (χ2n) is 8.04. The van der Waals surface area contributed by atoms with E-state index in [0.717, 1.165) is 28.9 Å². The Morgan fingerprint density at radius 2 is 1.77 bits per heavy atom. The van der Waals surface area contributed by atoms with Gasteiger partial charge in [-0.3, -0.25) is 4.79 Å². The van der Waals surface area contributed by atoms with E-state index >= 15 is 0 Å². The lowest BCUT2D eigenvalue weighted by atomic mass is 10.1. The highest BCUT2D eigenvalue weighted by Crippen LogP contribution is 2.38. The summed E-state index contributed by atoms with van der Waals surface area (Å²) in [5.41, 5.74) is 3.20. The van der Waals surface area contributed by atoms with Gasteiger partial charge in [0, 0.05) is 11.8 Å². The molecule has 2 aromatic carbocycles. The number of rotatable bonds is 6. The Balaban J connectivity index is 1.49. The van der Waals surface area contributed by atoms with Crippen LogP contribution in [0.15, 0.2) is 53.5 Å². The van der Waals surface area contributed by atoms with Crippen LogP contribution >= 0.6 is 11.8 Å². The van der Waals surface area contributed by atoms with Gasteiger partial charge in [0.25, 0.3) is 5.91 Å². The molecule has 2 unspecified atom stereocenters. The molecule has 164 valence electrons. The number of amides is 1. The zero-order valence-electron chi connectivity index (χ0n) is 17.7. The molecule has 0 N–H and O–H groups in total. The van der Waals surface area contributed by atoms with E-state index in [1.165, 1.54) is 11.8 Å². The smallest absolute Gasteiger partial charge is 0.252 e. The van der Waals surface area contributed by atoms with Crippen LogP contribution in [-0.2, 0) is 27.5 Å². The monoisotopic (exact) mass is 458 g/mol. The first-order chi connectivity index (χ1) is 14.8. The summed E-state index contributed by atoms with van der Waals surface area (Å²) in [6.45, 7) is 2.63. The molecule has 0 radical (unpaired) electrons. The minimum absolute atomic E-state index is 0.0632. The summed E-state index contributed by atoms with van der Waals surface area (Å²) in [5.74, 6) is 0.861. The molecule has 2 aliphatic rings. The molecule has 0 aliphatic carbocycles. The van der Waals surface area contributed by atoms with Gasteiger partial charge < -0.3 is 9.64 Å². The first kappa shape index (κ1) is 21.9. The average Bonchev–Trinajstić information content (AvgIpc) is 3.19. The van der Waals surface area contributed by atoms with Crippen LogP contribution in [0.4, 0.5) is 0 Å². The normalized spacial score (nSPS) is 23.2. The summed E-state index contributed by atoms with van der Waals surface area (Å²) >= 11 is 1.43. The second kappa shape index (κ2) is 9.04. The number of fused-ring (bicyclic) bond motifs is 1. The number of nitrogens with zero attached hydrogens (tertiary/aromatic N) is 2. The molecule has 0 saturated carbocycles. The summed E-state index contributed by atoms with van der Waals surface area (Å²) in [6.07, 6.45) is 0.975. The maximum atomic E-state index is 12.6. The van der Waals surface area contributed by atoms with Gasteiger partial charge in [0.15, 0.2) is 15.0 Å². The van der Waals surface area contributed by atoms with Crippen LogP contribution in [0.25, 0.3) is 0 Å². The van der Waals surface area contributed by atoms with Crippen molar-refractivity contribution < 1.29 is 17.9 Å². The predicted molar refractivity (Wildman–Crippen MR) is 125 cm³/mol. The largest absolute Gasteiger partial charge is 0.497 e. The molecule has 2 aliphatic heterocycles. The fourth-order valence-corrected chi connectivity index (χ4v) is 7.96. The molecule has 0 aromatic heterocycles. The van der Waals surface area contributed by atoms with Gasteiger partial charge in [0.05, 0.1) is 31.1 Å². The van der Waals surface area contributed by atoms with E-state index in [4.69, 9.17) is 4.74 Å².